The molecule has 2 heterocycles. The SMILES string of the molecule is CCOc1ccccc1-c1nc(Sc2ccc(C=O)o2)n[nH]1. The summed E-state index contributed by atoms with van der Waals surface area (Å²) in [6, 6.07) is 10.9. The van der Waals surface area contributed by atoms with Gasteiger partial charge in [0, 0.05) is 0 Å². The van der Waals surface area contributed by atoms with Crippen LogP contribution in [0.2, 0.25) is 0 Å². The van der Waals surface area contributed by atoms with Crippen LogP contribution in [-0.2, 0) is 0 Å². The van der Waals surface area contributed by atoms with Crippen LogP contribution in [-0.4, -0.2) is 28.1 Å². The lowest BCUT2D eigenvalue weighted by molar-refractivity contribution is 0.109. The van der Waals surface area contributed by atoms with Crippen molar-refractivity contribution in [2.45, 2.75) is 17.2 Å². The van der Waals surface area contributed by atoms with E-state index in [4.69, 9.17) is 9.15 Å². The maximum Gasteiger partial charge on any atom is 0.216 e. The van der Waals surface area contributed by atoms with Crippen molar-refractivity contribution >= 4 is 18.0 Å². The molecule has 112 valence electrons. The zero-order chi connectivity index (χ0) is 15.4. The van der Waals surface area contributed by atoms with E-state index in [1.807, 2.05) is 31.2 Å². The van der Waals surface area contributed by atoms with Crippen molar-refractivity contribution in [2.75, 3.05) is 6.61 Å². The molecule has 0 aliphatic rings. The van der Waals surface area contributed by atoms with Crippen LogP contribution < -0.4 is 4.74 Å². The standard InChI is InChI=1S/C15H13N3O3S/c1-2-20-12-6-4-3-5-11(12)14-16-15(18-17-14)22-13-8-7-10(9-19)21-13/h3-9H,2H2,1H3,(H,16,17,18). The summed E-state index contributed by atoms with van der Waals surface area (Å²) in [5.74, 6) is 1.65. The molecule has 6 nitrogen and oxygen atoms in total. The van der Waals surface area contributed by atoms with Crippen LogP contribution in [0.1, 0.15) is 17.5 Å². The molecule has 0 saturated heterocycles. The van der Waals surface area contributed by atoms with Gasteiger partial charge in [0.1, 0.15) is 5.75 Å². The van der Waals surface area contributed by atoms with Crippen LogP contribution in [0.25, 0.3) is 11.4 Å². The normalized spacial score (nSPS) is 10.6. The Morgan fingerprint density at radius 2 is 2.18 bits per heavy atom. The maximum atomic E-state index is 10.6. The Morgan fingerprint density at radius 3 is 2.95 bits per heavy atom. The maximum absolute atomic E-state index is 10.6. The average Bonchev–Trinajstić information content (AvgIpc) is 3.18. The van der Waals surface area contributed by atoms with Crippen molar-refractivity contribution in [1.82, 2.24) is 15.2 Å². The number of para-hydroxylation sites is 1. The first kappa shape index (κ1) is 14.4. The van der Waals surface area contributed by atoms with Gasteiger partial charge in [-0.25, -0.2) is 4.98 Å². The number of aromatic nitrogens is 3. The summed E-state index contributed by atoms with van der Waals surface area (Å²) in [6.07, 6.45) is 0.659. The van der Waals surface area contributed by atoms with Gasteiger partial charge in [-0.1, -0.05) is 12.1 Å². The van der Waals surface area contributed by atoms with Crippen molar-refractivity contribution < 1.29 is 13.9 Å². The number of carbonyl (C=O) groups excluding carboxylic acids is 1. The molecule has 0 bridgehead atoms. The first-order valence-electron chi connectivity index (χ1n) is 6.67. The second-order valence-electron chi connectivity index (χ2n) is 4.27. The monoisotopic (exact) mass is 315 g/mol. The second-order valence-corrected chi connectivity index (χ2v) is 5.24. The van der Waals surface area contributed by atoms with E-state index in [2.05, 4.69) is 15.2 Å². The van der Waals surface area contributed by atoms with Crippen LogP contribution in [0.4, 0.5) is 0 Å². The fraction of sp³-hybridized carbons (Fsp3) is 0.133. The van der Waals surface area contributed by atoms with Gasteiger partial charge in [-0.05, 0) is 43.0 Å². The third-order valence-corrected chi connectivity index (χ3v) is 3.60. The van der Waals surface area contributed by atoms with E-state index in [1.165, 1.54) is 11.8 Å². The first-order chi connectivity index (χ1) is 10.8. The summed E-state index contributed by atoms with van der Waals surface area (Å²) >= 11 is 1.24. The Morgan fingerprint density at radius 1 is 1.32 bits per heavy atom. The zero-order valence-electron chi connectivity index (χ0n) is 11.8. The van der Waals surface area contributed by atoms with Gasteiger partial charge in [-0.2, -0.15) is 0 Å². The highest BCUT2D eigenvalue weighted by atomic mass is 32.2. The predicted molar refractivity (Wildman–Crippen MR) is 81.2 cm³/mol. The summed E-state index contributed by atoms with van der Waals surface area (Å²) in [5.41, 5.74) is 0.844. The van der Waals surface area contributed by atoms with Gasteiger partial charge in [-0.3, -0.25) is 9.89 Å². The van der Waals surface area contributed by atoms with E-state index >= 15 is 0 Å². The highest BCUT2D eigenvalue weighted by molar-refractivity contribution is 7.99. The smallest absolute Gasteiger partial charge is 0.216 e. The molecule has 3 rings (SSSR count). The molecule has 1 aromatic carbocycles. The van der Waals surface area contributed by atoms with Crippen molar-refractivity contribution in [3.63, 3.8) is 0 Å². The summed E-state index contributed by atoms with van der Waals surface area (Å²) in [4.78, 5) is 15.0. The van der Waals surface area contributed by atoms with Gasteiger partial charge >= 0.3 is 0 Å². The molecule has 1 N–H and O–H groups in total. The van der Waals surface area contributed by atoms with Gasteiger partial charge in [0.25, 0.3) is 0 Å². The molecule has 0 saturated carbocycles. The molecule has 3 aromatic rings. The lowest BCUT2D eigenvalue weighted by Gasteiger charge is -2.06. The average molecular weight is 315 g/mol. The zero-order valence-corrected chi connectivity index (χ0v) is 12.6. The van der Waals surface area contributed by atoms with Crippen molar-refractivity contribution in [2.24, 2.45) is 0 Å². The summed E-state index contributed by atoms with van der Waals surface area (Å²) in [5, 5.41) is 8.10. The Bertz CT molecular complexity index is 782. The molecular weight excluding hydrogens is 302 g/mol. The second kappa shape index (κ2) is 6.48. The van der Waals surface area contributed by atoms with Crippen molar-refractivity contribution in [3.05, 3.63) is 42.2 Å². The molecule has 0 radical (unpaired) electrons. The third-order valence-electron chi connectivity index (χ3n) is 2.82. The number of rotatable bonds is 6. The van der Waals surface area contributed by atoms with Crippen LogP contribution in [0.3, 0.4) is 0 Å². The van der Waals surface area contributed by atoms with Crippen molar-refractivity contribution in [1.29, 1.82) is 0 Å². The van der Waals surface area contributed by atoms with Crippen LogP contribution in [0.15, 0.2) is 51.1 Å². The molecule has 0 atom stereocenters. The predicted octanol–water partition coefficient (Wildman–Crippen LogP) is 3.43. The molecule has 7 heteroatoms. The fourth-order valence-corrected chi connectivity index (χ4v) is 2.58. The number of benzene rings is 1. The lowest BCUT2D eigenvalue weighted by atomic mass is 10.2. The van der Waals surface area contributed by atoms with E-state index < -0.39 is 0 Å². The van der Waals surface area contributed by atoms with Crippen LogP contribution >= 0.6 is 11.8 Å². The van der Waals surface area contributed by atoms with E-state index in [9.17, 15) is 4.79 Å². The fourth-order valence-electron chi connectivity index (χ4n) is 1.90. The molecule has 0 aliphatic carbocycles. The number of aromatic amines is 1. The lowest BCUT2D eigenvalue weighted by Crippen LogP contribution is -1.94. The van der Waals surface area contributed by atoms with Crippen LogP contribution in [0, 0.1) is 0 Å². The van der Waals surface area contributed by atoms with Crippen molar-refractivity contribution in [3.8, 4) is 17.1 Å². The Balaban J connectivity index is 1.83. The third kappa shape index (κ3) is 3.04. The number of hydrogen-bond acceptors (Lipinski definition) is 6. The molecule has 0 aliphatic heterocycles. The summed E-state index contributed by atoms with van der Waals surface area (Å²) in [6.45, 7) is 2.51. The topological polar surface area (TPSA) is 81.0 Å². The number of ether oxygens (including phenoxy) is 1. The number of nitrogens with one attached hydrogen (secondary N) is 1. The molecule has 0 unspecified atom stereocenters. The largest absolute Gasteiger partial charge is 0.493 e. The van der Waals surface area contributed by atoms with Gasteiger partial charge < -0.3 is 9.15 Å². The quantitative estimate of drug-likeness (QED) is 0.702. The molecule has 0 amide bonds. The Kier molecular flexibility index (Phi) is 4.24. The molecule has 22 heavy (non-hydrogen) atoms. The van der Waals surface area contributed by atoms with E-state index in [0.717, 1.165) is 11.3 Å². The summed E-state index contributed by atoms with van der Waals surface area (Å²) < 4.78 is 10.9. The highest BCUT2D eigenvalue weighted by Crippen LogP contribution is 2.31. The minimum absolute atomic E-state index is 0.278. The number of hydrogen-bond donors (Lipinski definition) is 1. The van der Waals surface area contributed by atoms with Gasteiger partial charge in [-0.15, -0.1) is 5.10 Å². The van der Waals surface area contributed by atoms with Gasteiger partial charge in [0.2, 0.25) is 5.16 Å². The first-order valence-corrected chi connectivity index (χ1v) is 7.49. The van der Waals surface area contributed by atoms with Gasteiger partial charge in [0.15, 0.2) is 23.0 Å². The highest BCUT2D eigenvalue weighted by Gasteiger charge is 2.13. The van der Waals surface area contributed by atoms with E-state index in [0.29, 0.717) is 29.0 Å². The number of furan rings is 1. The Hall–Kier alpha value is -2.54. The molecule has 0 fully saturated rings. The number of H-pyrrole nitrogens is 1. The van der Waals surface area contributed by atoms with Gasteiger partial charge in [0.05, 0.1) is 12.2 Å². The molecule has 2 aromatic heterocycles. The molecule has 0 spiro atoms. The van der Waals surface area contributed by atoms with E-state index in [1.54, 1.807) is 12.1 Å². The number of carbonyl (C=O) groups is 1. The number of aldehydes is 1. The van der Waals surface area contributed by atoms with E-state index in [-0.39, 0.29) is 5.76 Å². The minimum Gasteiger partial charge on any atom is -0.493 e. The Labute approximate surface area is 130 Å². The number of nitrogens with zero attached hydrogens (tertiary/aromatic N) is 2. The summed E-state index contributed by atoms with van der Waals surface area (Å²) in [7, 11) is 0. The minimum atomic E-state index is 0.278. The van der Waals surface area contributed by atoms with Crippen LogP contribution in [0.5, 0.6) is 5.75 Å². The molecular formula is C15H13N3O3S.